The minimum atomic E-state index is -1.36. The number of primary amides is 1. The average molecular weight is 281 g/mol. The number of nitro benzene ring substituents is 1. The monoisotopic (exact) mass is 281 g/mol. The number of carboxylic acid groups (broad SMARTS) is 1. The smallest absolute Gasteiger partial charge is 0.323 e. The largest absolute Gasteiger partial charge is 0.480 e. The fourth-order valence-electron chi connectivity index (χ4n) is 1.53. The number of para-hydroxylation sites is 1. The van der Waals surface area contributed by atoms with Crippen molar-refractivity contribution in [3.8, 4) is 0 Å². The molecule has 9 heteroatoms. The molecule has 20 heavy (non-hydrogen) atoms. The van der Waals surface area contributed by atoms with Gasteiger partial charge in [0, 0.05) is 6.07 Å². The molecule has 1 aromatic rings. The van der Waals surface area contributed by atoms with Gasteiger partial charge in [-0.1, -0.05) is 12.1 Å². The van der Waals surface area contributed by atoms with E-state index in [2.05, 4.69) is 0 Å². The Balaban J connectivity index is 3.14. The van der Waals surface area contributed by atoms with Crippen molar-refractivity contribution in [2.45, 2.75) is 0 Å². The van der Waals surface area contributed by atoms with Gasteiger partial charge in [0.25, 0.3) is 11.6 Å². The number of carboxylic acids is 1. The van der Waals surface area contributed by atoms with Crippen molar-refractivity contribution >= 4 is 23.5 Å². The van der Waals surface area contributed by atoms with Gasteiger partial charge in [-0.15, -0.1) is 0 Å². The molecule has 3 N–H and O–H groups in total. The molecular formula is C11H11N3O6. The molecule has 0 saturated carbocycles. The van der Waals surface area contributed by atoms with Gasteiger partial charge in [0.1, 0.15) is 18.7 Å². The molecule has 0 aliphatic heterocycles. The van der Waals surface area contributed by atoms with E-state index < -0.39 is 41.5 Å². The number of amides is 2. The highest BCUT2D eigenvalue weighted by Gasteiger charge is 2.26. The van der Waals surface area contributed by atoms with Crippen molar-refractivity contribution in [3.05, 3.63) is 39.9 Å². The highest BCUT2D eigenvalue weighted by atomic mass is 16.6. The van der Waals surface area contributed by atoms with Gasteiger partial charge < -0.3 is 15.7 Å². The van der Waals surface area contributed by atoms with Crippen LogP contribution in [0.2, 0.25) is 0 Å². The Hall–Kier alpha value is -2.97. The van der Waals surface area contributed by atoms with Gasteiger partial charge in [0.2, 0.25) is 5.91 Å². The van der Waals surface area contributed by atoms with Crippen molar-refractivity contribution in [1.82, 2.24) is 4.90 Å². The zero-order chi connectivity index (χ0) is 15.3. The highest BCUT2D eigenvalue weighted by Crippen LogP contribution is 2.19. The minimum absolute atomic E-state index is 0.306. The molecule has 0 aliphatic carbocycles. The zero-order valence-electron chi connectivity index (χ0n) is 10.2. The van der Waals surface area contributed by atoms with E-state index in [0.29, 0.717) is 4.90 Å². The molecule has 0 aliphatic rings. The number of benzene rings is 1. The van der Waals surface area contributed by atoms with E-state index in [0.717, 1.165) is 6.07 Å². The summed E-state index contributed by atoms with van der Waals surface area (Å²) in [5.74, 6) is -3.23. The number of nitrogens with two attached hydrogens (primary N) is 1. The van der Waals surface area contributed by atoms with E-state index in [9.17, 15) is 24.5 Å². The van der Waals surface area contributed by atoms with E-state index in [4.69, 9.17) is 10.8 Å². The number of aliphatic carboxylic acids is 1. The molecule has 2 amide bonds. The molecule has 106 valence electrons. The Morgan fingerprint density at radius 3 is 2.35 bits per heavy atom. The number of hydrogen-bond donors (Lipinski definition) is 2. The first-order valence-corrected chi connectivity index (χ1v) is 5.35. The van der Waals surface area contributed by atoms with Crippen LogP contribution in [0.15, 0.2) is 24.3 Å². The lowest BCUT2D eigenvalue weighted by Gasteiger charge is -2.18. The van der Waals surface area contributed by atoms with E-state index in [-0.39, 0.29) is 5.56 Å². The van der Waals surface area contributed by atoms with Crippen LogP contribution < -0.4 is 5.73 Å². The second kappa shape index (κ2) is 6.27. The average Bonchev–Trinajstić information content (AvgIpc) is 2.36. The summed E-state index contributed by atoms with van der Waals surface area (Å²) >= 11 is 0. The van der Waals surface area contributed by atoms with Crippen LogP contribution in [0.5, 0.6) is 0 Å². The molecule has 0 atom stereocenters. The molecule has 0 aromatic heterocycles. The Morgan fingerprint density at radius 2 is 1.85 bits per heavy atom. The lowest BCUT2D eigenvalue weighted by Crippen LogP contribution is -2.41. The van der Waals surface area contributed by atoms with Crippen LogP contribution in [0, 0.1) is 10.1 Å². The van der Waals surface area contributed by atoms with Crippen LogP contribution in [0.4, 0.5) is 5.69 Å². The summed E-state index contributed by atoms with van der Waals surface area (Å²) in [6.07, 6.45) is 0. The van der Waals surface area contributed by atoms with E-state index in [1.807, 2.05) is 0 Å². The van der Waals surface area contributed by atoms with E-state index >= 15 is 0 Å². The lowest BCUT2D eigenvalue weighted by atomic mass is 10.1. The Morgan fingerprint density at radius 1 is 1.25 bits per heavy atom. The van der Waals surface area contributed by atoms with Crippen LogP contribution >= 0.6 is 0 Å². The van der Waals surface area contributed by atoms with Gasteiger partial charge in [-0.3, -0.25) is 24.5 Å². The fourth-order valence-corrected chi connectivity index (χ4v) is 1.53. The van der Waals surface area contributed by atoms with Crippen LogP contribution in [-0.2, 0) is 9.59 Å². The summed E-state index contributed by atoms with van der Waals surface area (Å²) in [6, 6.07) is 5.04. The molecule has 0 spiro atoms. The van der Waals surface area contributed by atoms with Crippen molar-refractivity contribution in [2.24, 2.45) is 5.73 Å². The molecule has 0 radical (unpaired) electrons. The molecule has 1 rings (SSSR count). The van der Waals surface area contributed by atoms with Crippen molar-refractivity contribution in [3.63, 3.8) is 0 Å². The summed E-state index contributed by atoms with van der Waals surface area (Å²) in [7, 11) is 0. The standard InChI is InChI=1S/C11H11N3O6/c12-9(15)5-13(6-10(16)17)11(18)7-3-1-2-4-8(7)14(19)20/h1-4H,5-6H2,(H2,12,15)(H,16,17). The summed E-state index contributed by atoms with van der Waals surface area (Å²) in [5, 5.41) is 19.5. The molecule has 0 fully saturated rings. The van der Waals surface area contributed by atoms with Crippen LogP contribution in [0.25, 0.3) is 0 Å². The molecular weight excluding hydrogens is 270 g/mol. The quantitative estimate of drug-likeness (QED) is 0.536. The van der Waals surface area contributed by atoms with E-state index in [1.54, 1.807) is 0 Å². The maximum absolute atomic E-state index is 12.1. The lowest BCUT2D eigenvalue weighted by molar-refractivity contribution is -0.385. The SMILES string of the molecule is NC(=O)CN(CC(=O)O)C(=O)c1ccccc1[N+](=O)[O-]. The molecule has 0 unspecified atom stereocenters. The molecule has 9 nitrogen and oxygen atoms in total. The minimum Gasteiger partial charge on any atom is -0.480 e. The highest BCUT2D eigenvalue weighted by molar-refractivity contribution is 6.01. The summed E-state index contributed by atoms with van der Waals surface area (Å²) in [5.41, 5.74) is 4.14. The number of nitrogens with zero attached hydrogens (tertiary/aromatic N) is 2. The third kappa shape index (κ3) is 3.77. The second-order valence-electron chi connectivity index (χ2n) is 3.80. The number of carbonyl (C=O) groups is 3. The van der Waals surface area contributed by atoms with Gasteiger partial charge in [-0.2, -0.15) is 0 Å². The summed E-state index contributed by atoms with van der Waals surface area (Å²) in [6.45, 7) is -1.43. The predicted octanol–water partition coefficient (Wildman–Crippen LogP) is -0.393. The van der Waals surface area contributed by atoms with Gasteiger partial charge in [0.05, 0.1) is 4.92 Å². The van der Waals surface area contributed by atoms with Gasteiger partial charge in [-0.05, 0) is 6.07 Å². The maximum atomic E-state index is 12.1. The molecule has 0 heterocycles. The first-order valence-electron chi connectivity index (χ1n) is 5.35. The Kier molecular flexibility index (Phi) is 4.73. The van der Waals surface area contributed by atoms with Crippen LogP contribution in [-0.4, -0.2) is 45.8 Å². The second-order valence-corrected chi connectivity index (χ2v) is 3.80. The van der Waals surface area contributed by atoms with Gasteiger partial charge in [0.15, 0.2) is 0 Å². The Bertz CT molecular complexity index is 555. The maximum Gasteiger partial charge on any atom is 0.323 e. The van der Waals surface area contributed by atoms with Gasteiger partial charge in [-0.25, -0.2) is 0 Å². The zero-order valence-corrected chi connectivity index (χ0v) is 10.2. The Labute approximate surface area is 112 Å². The number of nitro groups is 1. The molecule has 0 saturated heterocycles. The van der Waals surface area contributed by atoms with Crippen molar-refractivity contribution in [2.75, 3.05) is 13.1 Å². The third-order valence-corrected chi connectivity index (χ3v) is 2.29. The first kappa shape index (κ1) is 15.1. The van der Waals surface area contributed by atoms with Crippen LogP contribution in [0.1, 0.15) is 10.4 Å². The molecule has 1 aromatic carbocycles. The van der Waals surface area contributed by atoms with Crippen LogP contribution in [0.3, 0.4) is 0 Å². The number of carbonyl (C=O) groups excluding carboxylic acids is 2. The predicted molar refractivity (Wildman–Crippen MR) is 65.8 cm³/mol. The van der Waals surface area contributed by atoms with Crippen molar-refractivity contribution < 1.29 is 24.4 Å². The molecule has 0 bridgehead atoms. The van der Waals surface area contributed by atoms with Crippen molar-refractivity contribution in [1.29, 1.82) is 0 Å². The number of hydrogen-bond acceptors (Lipinski definition) is 5. The third-order valence-electron chi connectivity index (χ3n) is 2.29. The summed E-state index contributed by atoms with van der Waals surface area (Å²) < 4.78 is 0. The normalized spacial score (nSPS) is 9.80. The van der Waals surface area contributed by atoms with E-state index in [1.165, 1.54) is 18.2 Å². The first-order chi connectivity index (χ1) is 9.32. The number of rotatable bonds is 6. The summed E-state index contributed by atoms with van der Waals surface area (Å²) in [4.78, 5) is 44.3. The topological polar surface area (TPSA) is 144 Å². The fraction of sp³-hybridized carbons (Fsp3) is 0.182. The van der Waals surface area contributed by atoms with Gasteiger partial charge >= 0.3 is 5.97 Å².